The minimum Gasteiger partial charge on any atom is -0.444 e. The summed E-state index contributed by atoms with van der Waals surface area (Å²) in [5, 5.41) is 15.1. The number of fused-ring (bicyclic) bond motifs is 1. The molecule has 43 heavy (non-hydrogen) atoms. The number of anilines is 2. The summed E-state index contributed by atoms with van der Waals surface area (Å²) in [7, 11) is 0. The molecule has 0 radical (unpaired) electrons. The number of nitrogens with zero attached hydrogens (tertiary/aromatic N) is 5. The van der Waals surface area contributed by atoms with E-state index >= 15 is 0 Å². The van der Waals surface area contributed by atoms with Crippen LogP contribution in [0.2, 0.25) is 0 Å². The Bertz CT molecular complexity index is 1740. The highest BCUT2D eigenvalue weighted by Gasteiger charge is 2.30. The van der Waals surface area contributed by atoms with Crippen LogP contribution in [0.1, 0.15) is 57.6 Å². The van der Waals surface area contributed by atoms with Crippen LogP contribution >= 0.6 is 0 Å². The van der Waals surface area contributed by atoms with Gasteiger partial charge in [-0.05, 0) is 71.4 Å². The SMILES string of the molecule is CC(C)n1ncc2c(N3CC[C@@H](NC(=O)OC(C)(C)C)C3)c(NC(=O)c3ccc(=O)n(-c4c(F)cccc4F)n3)ccc21. The number of para-hydroxylation sites is 1. The molecule has 11 nitrogen and oxygen atoms in total. The lowest BCUT2D eigenvalue weighted by molar-refractivity contribution is 0.0509. The largest absolute Gasteiger partial charge is 0.444 e. The molecule has 4 aromatic rings. The Hall–Kier alpha value is -4.81. The summed E-state index contributed by atoms with van der Waals surface area (Å²) in [6, 6.07) is 8.86. The fourth-order valence-electron chi connectivity index (χ4n) is 5.09. The maximum Gasteiger partial charge on any atom is 0.407 e. The minimum absolute atomic E-state index is 0.0787. The molecule has 1 aliphatic rings. The van der Waals surface area contributed by atoms with Gasteiger partial charge in [0.05, 0.1) is 29.1 Å². The van der Waals surface area contributed by atoms with Gasteiger partial charge in [-0.25, -0.2) is 13.6 Å². The zero-order valence-electron chi connectivity index (χ0n) is 24.5. The standard InChI is InChI=1S/C30H33F2N7O4/c1-17(2)38-24-11-9-22(26(19(24)15-33-38)37-14-13-18(16-37)34-29(42)43-30(3,4)5)35-28(41)23-10-12-25(40)39(36-23)27-20(31)7-6-8-21(27)32/h6-12,15,17-18H,13-14,16H2,1-5H3,(H,34,42)(H,35,41)/t18-/m1/s1. The Morgan fingerprint density at radius 3 is 2.44 bits per heavy atom. The highest BCUT2D eigenvalue weighted by Crippen LogP contribution is 2.37. The number of benzene rings is 2. The fraction of sp³-hybridized carbons (Fsp3) is 0.367. The third kappa shape index (κ3) is 6.20. The van der Waals surface area contributed by atoms with Gasteiger partial charge in [0.1, 0.15) is 17.0 Å². The van der Waals surface area contributed by atoms with Gasteiger partial charge in [0.2, 0.25) is 0 Å². The van der Waals surface area contributed by atoms with Gasteiger partial charge >= 0.3 is 6.09 Å². The number of carbonyl (C=O) groups excluding carboxylic acids is 2. The third-order valence-electron chi connectivity index (χ3n) is 6.90. The predicted molar refractivity (Wildman–Crippen MR) is 158 cm³/mol. The van der Waals surface area contributed by atoms with Gasteiger partial charge in [0, 0.05) is 30.6 Å². The van der Waals surface area contributed by atoms with E-state index in [0.717, 1.165) is 29.1 Å². The number of hydrogen-bond donors (Lipinski definition) is 2. The molecule has 3 heterocycles. The molecule has 1 aliphatic heterocycles. The molecule has 1 saturated heterocycles. The summed E-state index contributed by atoms with van der Waals surface area (Å²) in [6.45, 7) is 10.4. The van der Waals surface area contributed by atoms with Crippen molar-refractivity contribution in [3.63, 3.8) is 0 Å². The smallest absolute Gasteiger partial charge is 0.407 e. The topological polar surface area (TPSA) is 123 Å². The van der Waals surface area contributed by atoms with Crippen LogP contribution in [-0.2, 0) is 4.74 Å². The molecule has 0 spiro atoms. The molecule has 2 aromatic heterocycles. The molecule has 2 aromatic carbocycles. The quantitative estimate of drug-likeness (QED) is 0.329. The first-order valence-electron chi connectivity index (χ1n) is 13.9. The van der Waals surface area contributed by atoms with E-state index in [1.807, 2.05) is 24.6 Å². The number of hydrogen-bond acceptors (Lipinski definition) is 7. The summed E-state index contributed by atoms with van der Waals surface area (Å²) in [6.07, 6.45) is 1.86. The van der Waals surface area contributed by atoms with Crippen LogP contribution in [0, 0.1) is 11.6 Å². The average Bonchev–Trinajstić information content (AvgIpc) is 3.55. The van der Waals surface area contributed by atoms with E-state index < -0.39 is 40.5 Å². The molecule has 226 valence electrons. The Balaban J connectivity index is 1.48. The Morgan fingerprint density at radius 2 is 1.77 bits per heavy atom. The molecule has 13 heteroatoms. The number of nitrogens with one attached hydrogen (secondary N) is 2. The monoisotopic (exact) mass is 593 g/mol. The van der Waals surface area contributed by atoms with Gasteiger partial charge in [-0.1, -0.05) is 6.07 Å². The number of aromatic nitrogens is 4. The average molecular weight is 594 g/mol. The van der Waals surface area contributed by atoms with Gasteiger partial charge in [-0.3, -0.25) is 14.3 Å². The van der Waals surface area contributed by atoms with Crippen LogP contribution in [0.15, 0.2) is 53.5 Å². The van der Waals surface area contributed by atoms with E-state index in [0.29, 0.717) is 35.6 Å². The van der Waals surface area contributed by atoms with Crippen LogP contribution in [0.5, 0.6) is 0 Å². The summed E-state index contributed by atoms with van der Waals surface area (Å²) < 4.78 is 36.7. The summed E-state index contributed by atoms with van der Waals surface area (Å²) in [4.78, 5) is 40.4. The van der Waals surface area contributed by atoms with Crippen molar-refractivity contribution >= 4 is 34.3 Å². The highest BCUT2D eigenvalue weighted by molar-refractivity contribution is 6.09. The van der Waals surface area contributed by atoms with Crippen LogP contribution in [0.25, 0.3) is 16.6 Å². The van der Waals surface area contributed by atoms with Gasteiger partial charge < -0.3 is 20.3 Å². The lowest BCUT2D eigenvalue weighted by Crippen LogP contribution is -2.40. The molecule has 1 atom stereocenters. The van der Waals surface area contributed by atoms with Crippen molar-refractivity contribution in [2.75, 3.05) is 23.3 Å². The molecule has 0 bridgehead atoms. The molecule has 2 N–H and O–H groups in total. The van der Waals surface area contributed by atoms with Crippen LogP contribution in [0.4, 0.5) is 25.0 Å². The van der Waals surface area contributed by atoms with E-state index in [4.69, 9.17) is 4.74 Å². The van der Waals surface area contributed by atoms with Gasteiger partial charge in [-0.15, -0.1) is 0 Å². The first-order chi connectivity index (χ1) is 20.3. The van der Waals surface area contributed by atoms with Gasteiger partial charge in [0.25, 0.3) is 11.5 Å². The van der Waals surface area contributed by atoms with Crippen LogP contribution in [-0.4, -0.2) is 56.3 Å². The summed E-state index contributed by atoms with van der Waals surface area (Å²) in [5.41, 5.74) is -0.346. The lowest BCUT2D eigenvalue weighted by Gasteiger charge is -2.24. The zero-order valence-corrected chi connectivity index (χ0v) is 24.5. The number of amides is 2. The minimum atomic E-state index is -0.995. The Labute approximate surface area is 246 Å². The Morgan fingerprint density at radius 1 is 1.05 bits per heavy atom. The van der Waals surface area contributed by atoms with Crippen LogP contribution < -0.4 is 21.1 Å². The normalized spacial score (nSPS) is 15.3. The van der Waals surface area contributed by atoms with Crippen molar-refractivity contribution in [2.24, 2.45) is 0 Å². The number of alkyl carbamates (subject to hydrolysis) is 1. The van der Waals surface area contributed by atoms with E-state index in [1.54, 1.807) is 33.0 Å². The molecule has 0 saturated carbocycles. The van der Waals surface area contributed by atoms with Gasteiger partial charge in [-0.2, -0.15) is 14.9 Å². The molecule has 0 aliphatic carbocycles. The van der Waals surface area contributed by atoms with Crippen molar-refractivity contribution in [2.45, 2.75) is 58.7 Å². The van der Waals surface area contributed by atoms with E-state index in [-0.39, 0.29) is 17.8 Å². The van der Waals surface area contributed by atoms with Crippen molar-refractivity contribution in [3.05, 3.63) is 76.3 Å². The van der Waals surface area contributed by atoms with Crippen molar-refractivity contribution < 1.29 is 23.1 Å². The molecule has 1 fully saturated rings. The third-order valence-corrected chi connectivity index (χ3v) is 6.90. The lowest BCUT2D eigenvalue weighted by atomic mass is 10.1. The fourth-order valence-corrected chi connectivity index (χ4v) is 5.09. The van der Waals surface area contributed by atoms with Crippen molar-refractivity contribution in [1.82, 2.24) is 24.9 Å². The number of rotatable bonds is 6. The number of halogens is 2. The van der Waals surface area contributed by atoms with E-state index in [9.17, 15) is 23.2 Å². The summed E-state index contributed by atoms with van der Waals surface area (Å²) in [5.74, 6) is -2.68. The predicted octanol–water partition coefficient (Wildman–Crippen LogP) is 4.80. The maximum absolute atomic E-state index is 14.4. The van der Waals surface area contributed by atoms with Gasteiger partial charge in [0.15, 0.2) is 11.6 Å². The molecule has 5 rings (SSSR count). The summed E-state index contributed by atoms with van der Waals surface area (Å²) >= 11 is 0. The first-order valence-corrected chi connectivity index (χ1v) is 13.9. The molecular weight excluding hydrogens is 560 g/mol. The second kappa shape index (κ2) is 11.5. The molecule has 2 amide bonds. The second-order valence-electron chi connectivity index (χ2n) is 11.6. The number of ether oxygens (including phenoxy) is 1. The highest BCUT2D eigenvalue weighted by atomic mass is 19.1. The molecule has 0 unspecified atom stereocenters. The van der Waals surface area contributed by atoms with Crippen LogP contribution in [0.3, 0.4) is 0 Å². The molecular formula is C30H33F2N7O4. The second-order valence-corrected chi connectivity index (χ2v) is 11.6. The number of carbonyl (C=O) groups is 2. The first kappa shape index (κ1) is 29.7. The zero-order chi connectivity index (χ0) is 31.1. The Kier molecular flexibility index (Phi) is 7.91. The van der Waals surface area contributed by atoms with Crippen molar-refractivity contribution in [1.29, 1.82) is 0 Å². The van der Waals surface area contributed by atoms with Crippen molar-refractivity contribution in [3.8, 4) is 5.69 Å². The maximum atomic E-state index is 14.4. The van der Waals surface area contributed by atoms with E-state index in [1.165, 1.54) is 12.1 Å². The van der Waals surface area contributed by atoms with E-state index in [2.05, 4.69) is 25.7 Å².